The van der Waals surface area contributed by atoms with E-state index in [1.807, 2.05) is 33.0 Å². The van der Waals surface area contributed by atoms with E-state index in [9.17, 15) is 4.79 Å². The minimum atomic E-state index is -2.07. The molecule has 11 heavy (non-hydrogen) atoms. The van der Waals surface area contributed by atoms with Crippen molar-refractivity contribution in [2.75, 3.05) is 7.11 Å². The van der Waals surface area contributed by atoms with Crippen LogP contribution in [0.15, 0.2) is 11.6 Å². The van der Waals surface area contributed by atoms with Crippen molar-refractivity contribution in [3.05, 3.63) is 11.6 Å². The van der Waals surface area contributed by atoms with Crippen molar-refractivity contribution >= 4 is 13.7 Å². The van der Waals surface area contributed by atoms with Gasteiger partial charge in [0.15, 0.2) is 5.41 Å². The second kappa shape index (κ2) is 3.83. The smallest absolute Gasteiger partial charge is 0.263 e. The van der Waals surface area contributed by atoms with Crippen LogP contribution in [0.1, 0.15) is 13.8 Å². The Hall–Kier alpha value is -0.413. The molecule has 0 aromatic heterocycles. The highest BCUT2D eigenvalue weighted by atomic mass is 28.4. The Morgan fingerprint density at radius 3 is 2.18 bits per heavy atom. The third-order valence-electron chi connectivity index (χ3n) is 1.85. The third-order valence-corrected chi connectivity index (χ3v) is 4.36. The quantitative estimate of drug-likeness (QED) is 0.480. The first-order valence-electron chi connectivity index (χ1n) is 3.68. The molecule has 64 valence electrons. The van der Waals surface area contributed by atoms with Gasteiger partial charge in [-0.15, -0.1) is 0 Å². The molecular formula is C8H16O2Si. The molecule has 0 aliphatic rings. The van der Waals surface area contributed by atoms with Crippen LogP contribution in [0.4, 0.5) is 0 Å². The van der Waals surface area contributed by atoms with E-state index >= 15 is 0 Å². The van der Waals surface area contributed by atoms with Crippen LogP contribution in [0.25, 0.3) is 0 Å². The van der Waals surface area contributed by atoms with Crippen LogP contribution < -0.4 is 0 Å². The van der Waals surface area contributed by atoms with E-state index in [1.54, 1.807) is 7.11 Å². The van der Waals surface area contributed by atoms with Crippen LogP contribution in [0.2, 0.25) is 13.1 Å². The van der Waals surface area contributed by atoms with Crippen LogP contribution in [-0.4, -0.2) is 20.8 Å². The number of rotatable bonds is 3. The first-order chi connectivity index (χ1) is 4.95. The molecule has 0 saturated carbocycles. The predicted octanol–water partition coefficient (Wildman–Crippen LogP) is 1.91. The molecule has 3 heteroatoms. The molecule has 0 bridgehead atoms. The predicted molar refractivity (Wildman–Crippen MR) is 48.9 cm³/mol. The molecular weight excluding hydrogens is 156 g/mol. The van der Waals surface area contributed by atoms with Crippen molar-refractivity contribution in [1.29, 1.82) is 0 Å². The molecule has 2 nitrogen and oxygen atoms in total. The molecule has 0 radical (unpaired) electrons. The number of allylic oxidation sites excluding steroid dienone is 2. The molecule has 0 N–H and O–H groups in total. The minimum Gasteiger partial charge on any atom is -0.412 e. The molecule has 0 unspecified atom stereocenters. The summed E-state index contributed by atoms with van der Waals surface area (Å²) in [5.74, 6) is 0. The van der Waals surface area contributed by atoms with Gasteiger partial charge >= 0.3 is 0 Å². The summed E-state index contributed by atoms with van der Waals surface area (Å²) < 4.78 is 5.17. The molecule has 0 aliphatic carbocycles. The lowest BCUT2D eigenvalue weighted by Crippen LogP contribution is -2.40. The highest BCUT2D eigenvalue weighted by Crippen LogP contribution is 2.10. The van der Waals surface area contributed by atoms with Gasteiger partial charge in [-0.2, -0.15) is 0 Å². The van der Waals surface area contributed by atoms with E-state index in [1.165, 1.54) is 0 Å². The fraction of sp³-hybridized carbons (Fsp3) is 0.625. The molecule has 0 atom stereocenters. The van der Waals surface area contributed by atoms with Crippen LogP contribution in [-0.2, 0) is 9.22 Å². The minimum absolute atomic E-state index is 0.183. The fourth-order valence-electron chi connectivity index (χ4n) is 0.699. The Morgan fingerprint density at radius 1 is 1.45 bits per heavy atom. The highest BCUT2D eigenvalue weighted by molar-refractivity contribution is 7.01. The molecule has 0 aromatic rings. The van der Waals surface area contributed by atoms with Gasteiger partial charge in [-0.25, -0.2) is 0 Å². The molecule has 0 spiro atoms. The average molecular weight is 172 g/mol. The maximum absolute atomic E-state index is 11.5. The van der Waals surface area contributed by atoms with Crippen molar-refractivity contribution in [2.24, 2.45) is 0 Å². The molecule has 0 heterocycles. The monoisotopic (exact) mass is 172 g/mol. The van der Waals surface area contributed by atoms with Gasteiger partial charge in [0.05, 0.1) is 0 Å². The summed E-state index contributed by atoms with van der Waals surface area (Å²) in [5, 5.41) is 0.183. The van der Waals surface area contributed by atoms with Crippen molar-refractivity contribution in [1.82, 2.24) is 0 Å². The topological polar surface area (TPSA) is 26.3 Å². The third kappa shape index (κ3) is 2.59. The number of carbonyl (C=O) groups is 1. The summed E-state index contributed by atoms with van der Waals surface area (Å²) in [6, 6.07) is 0. The normalized spacial score (nSPS) is 13.4. The summed E-state index contributed by atoms with van der Waals surface area (Å²) in [6.45, 7) is 7.51. The van der Waals surface area contributed by atoms with Crippen molar-refractivity contribution in [3.63, 3.8) is 0 Å². The maximum Gasteiger partial charge on any atom is 0.263 e. The maximum atomic E-state index is 11.5. The largest absolute Gasteiger partial charge is 0.412 e. The first kappa shape index (κ1) is 10.6. The summed E-state index contributed by atoms with van der Waals surface area (Å²) in [5.41, 5.74) is 0.809. The van der Waals surface area contributed by atoms with Crippen LogP contribution in [0.3, 0.4) is 0 Å². The zero-order chi connectivity index (χ0) is 9.07. The number of carbonyl (C=O) groups excluding carboxylic acids is 1. The molecule has 0 amide bonds. The van der Waals surface area contributed by atoms with E-state index in [0.29, 0.717) is 0 Å². The van der Waals surface area contributed by atoms with E-state index in [-0.39, 0.29) is 5.41 Å². The second-order valence-corrected chi connectivity index (χ2v) is 6.90. The standard InChI is InChI=1S/C8H16O2Si/c1-6-7(2)8(9)11(4,5)10-3/h6H,1-5H3. The van der Waals surface area contributed by atoms with Crippen molar-refractivity contribution < 1.29 is 9.22 Å². The van der Waals surface area contributed by atoms with Gasteiger partial charge in [0.25, 0.3) is 8.32 Å². The summed E-state index contributed by atoms with van der Waals surface area (Å²) in [4.78, 5) is 11.5. The molecule has 0 aromatic carbocycles. The fourth-order valence-corrected chi connectivity index (χ4v) is 1.98. The van der Waals surface area contributed by atoms with Crippen LogP contribution >= 0.6 is 0 Å². The van der Waals surface area contributed by atoms with E-state index in [2.05, 4.69) is 0 Å². The van der Waals surface area contributed by atoms with Crippen molar-refractivity contribution in [2.45, 2.75) is 26.9 Å². The Bertz CT molecular complexity index is 183. The Kier molecular flexibility index (Phi) is 3.69. The number of hydrogen-bond donors (Lipinski definition) is 0. The van der Waals surface area contributed by atoms with Gasteiger partial charge in [-0.1, -0.05) is 6.08 Å². The molecule has 0 aliphatic heterocycles. The lowest BCUT2D eigenvalue weighted by atomic mass is 10.3. The van der Waals surface area contributed by atoms with Crippen LogP contribution in [0.5, 0.6) is 0 Å². The highest BCUT2D eigenvalue weighted by Gasteiger charge is 2.31. The van der Waals surface area contributed by atoms with Crippen LogP contribution in [0, 0.1) is 0 Å². The van der Waals surface area contributed by atoms with Gasteiger partial charge in [0.2, 0.25) is 0 Å². The van der Waals surface area contributed by atoms with E-state index in [0.717, 1.165) is 5.57 Å². The molecule has 0 fully saturated rings. The van der Waals surface area contributed by atoms with Gasteiger partial charge in [0.1, 0.15) is 0 Å². The lowest BCUT2D eigenvalue weighted by molar-refractivity contribution is -0.110. The Morgan fingerprint density at radius 2 is 1.91 bits per heavy atom. The SMILES string of the molecule is CC=C(C)C(=O)[Si](C)(C)OC. The summed E-state index contributed by atoms with van der Waals surface area (Å²) in [6.07, 6.45) is 1.83. The first-order valence-corrected chi connectivity index (χ1v) is 6.59. The molecule has 0 rings (SSSR count). The van der Waals surface area contributed by atoms with Gasteiger partial charge < -0.3 is 4.43 Å². The van der Waals surface area contributed by atoms with Crippen molar-refractivity contribution in [3.8, 4) is 0 Å². The van der Waals surface area contributed by atoms with Gasteiger partial charge in [-0.05, 0) is 32.5 Å². The van der Waals surface area contributed by atoms with Gasteiger partial charge in [-0.3, -0.25) is 4.79 Å². The zero-order valence-corrected chi connectivity index (χ0v) is 8.89. The van der Waals surface area contributed by atoms with E-state index < -0.39 is 8.32 Å². The zero-order valence-electron chi connectivity index (χ0n) is 7.89. The number of hydrogen-bond acceptors (Lipinski definition) is 2. The Labute approximate surface area is 69.4 Å². The van der Waals surface area contributed by atoms with Gasteiger partial charge in [0, 0.05) is 7.11 Å². The summed E-state index contributed by atoms with van der Waals surface area (Å²) in [7, 11) is -0.468. The summed E-state index contributed by atoms with van der Waals surface area (Å²) >= 11 is 0. The molecule has 0 saturated heterocycles. The lowest BCUT2D eigenvalue weighted by Gasteiger charge is -2.17. The second-order valence-electron chi connectivity index (χ2n) is 3.02. The Balaban J connectivity index is 4.49. The van der Waals surface area contributed by atoms with E-state index in [4.69, 9.17) is 4.43 Å². The average Bonchev–Trinajstić information content (AvgIpc) is 2.01.